The molecule has 3 aromatic carbocycles. The van der Waals surface area contributed by atoms with Gasteiger partial charge in [0.05, 0.1) is 33.2 Å². The Labute approximate surface area is 208 Å². The van der Waals surface area contributed by atoms with Crippen molar-refractivity contribution in [1.82, 2.24) is 15.6 Å². The molecule has 0 spiro atoms. The van der Waals surface area contributed by atoms with Gasteiger partial charge < -0.3 is 18.9 Å². The molecular formula is C27H26N4O5. The molecule has 0 radical (unpaired) electrons. The minimum absolute atomic E-state index is 0.274. The highest BCUT2D eigenvalue weighted by Gasteiger charge is 2.13. The molecule has 0 unspecified atom stereocenters. The maximum atomic E-state index is 12.5. The first-order chi connectivity index (χ1) is 17.6. The molecule has 0 saturated heterocycles. The van der Waals surface area contributed by atoms with Gasteiger partial charge in [0.1, 0.15) is 18.1 Å². The predicted octanol–water partition coefficient (Wildman–Crippen LogP) is 4.45. The largest absolute Gasteiger partial charge is 0.493 e. The fourth-order valence-corrected chi connectivity index (χ4v) is 3.45. The van der Waals surface area contributed by atoms with Crippen LogP contribution in [0, 0.1) is 0 Å². The molecule has 0 aliphatic heterocycles. The summed E-state index contributed by atoms with van der Waals surface area (Å²) in [6.45, 7) is 0.490. The molecule has 36 heavy (non-hydrogen) atoms. The van der Waals surface area contributed by atoms with Crippen molar-refractivity contribution in [2.24, 2.45) is 5.10 Å². The Morgan fingerprint density at radius 2 is 1.64 bits per heavy atom. The van der Waals surface area contributed by atoms with Crippen molar-refractivity contribution < 1.29 is 23.7 Å². The van der Waals surface area contributed by atoms with Crippen molar-refractivity contribution in [2.45, 2.75) is 6.61 Å². The van der Waals surface area contributed by atoms with Crippen LogP contribution in [0.25, 0.3) is 11.3 Å². The number of carbonyl (C=O) groups is 1. The van der Waals surface area contributed by atoms with E-state index in [2.05, 4.69) is 20.7 Å². The summed E-state index contributed by atoms with van der Waals surface area (Å²) in [7, 11) is 4.59. The number of methoxy groups -OCH3 is 3. The van der Waals surface area contributed by atoms with Crippen LogP contribution in [0.15, 0.2) is 77.9 Å². The first-order valence-electron chi connectivity index (χ1n) is 11.1. The van der Waals surface area contributed by atoms with E-state index < -0.39 is 5.91 Å². The fraction of sp³-hybridized carbons (Fsp3) is 0.148. The molecule has 4 rings (SSSR count). The van der Waals surface area contributed by atoms with Crippen molar-refractivity contribution >= 4 is 12.1 Å². The Hall–Kier alpha value is -4.79. The van der Waals surface area contributed by atoms with Gasteiger partial charge in [0.15, 0.2) is 11.5 Å². The summed E-state index contributed by atoms with van der Waals surface area (Å²) in [5, 5.41) is 11.0. The van der Waals surface area contributed by atoms with E-state index in [1.807, 2.05) is 54.6 Å². The quantitative estimate of drug-likeness (QED) is 0.253. The topological polar surface area (TPSA) is 107 Å². The van der Waals surface area contributed by atoms with Gasteiger partial charge in [-0.3, -0.25) is 9.89 Å². The number of aromatic nitrogens is 2. The average Bonchev–Trinajstić information content (AvgIpc) is 3.42. The van der Waals surface area contributed by atoms with Crippen LogP contribution in [0.3, 0.4) is 0 Å². The molecule has 1 amide bonds. The molecule has 2 N–H and O–H groups in total. The maximum Gasteiger partial charge on any atom is 0.289 e. The second-order valence-corrected chi connectivity index (χ2v) is 7.62. The third kappa shape index (κ3) is 5.82. The molecule has 4 aromatic rings. The minimum atomic E-state index is -0.430. The van der Waals surface area contributed by atoms with E-state index in [-0.39, 0.29) is 5.69 Å². The predicted molar refractivity (Wildman–Crippen MR) is 136 cm³/mol. The van der Waals surface area contributed by atoms with E-state index in [9.17, 15) is 4.79 Å². The molecule has 9 nitrogen and oxygen atoms in total. The summed E-state index contributed by atoms with van der Waals surface area (Å²) in [6, 6.07) is 22.6. The van der Waals surface area contributed by atoms with Crippen LogP contribution >= 0.6 is 0 Å². The lowest BCUT2D eigenvalue weighted by Gasteiger charge is -2.12. The number of benzene rings is 3. The molecule has 9 heteroatoms. The summed E-state index contributed by atoms with van der Waals surface area (Å²) in [6.07, 6.45) is 1.48. The van der Waals surface area contributed by atoms with E-state index in [4.69, 9.17) is 18.9 Å². The van der Waals surface area contributed by atoms with E-state index in [1.165, 1.54) is 27.5 Å². The standard InChI is InChI=1S/C27H26N4O5/c1-33-24-13-19(14-25(34-2)26(24)35-3)16-28-31-27(32)23-15-22(29-30-23)20-9-11-21(12-10-20)36-17-18-7-5-4-6-8-18/h4-16H,17H2,1-3H3,(H,29,30)(H,31,32)/b28-16-. The average molecular weight is 487 g/mol. The van der Waals surface area contributed by atoms with Crippen molar-refractivity contribution in [3.05, 3.63) is 89.6 Å². The SMILES string of the molecule is COc1cc(/C=N\NC(=O)c2cc(-c3ccc(OCc4ccccc4)cc3)n[nH]2)cc(OC)c1OC. The number of hydrogen-bond acceptors (Lipinski definition) is 7. The second-order valence-electron chi connectivity index (χ2n) is 7.62. The molecule has 1 heterocycles. The molecular weight excluding hydrogens is 460 g/mol. The van der Waals surface area contributed by atoms with Crippen molar-refractivity contribution in [1.29, 1.82) is 0 Å². The zero-order chi connectivity index (χ0) is 25.3. The Morgan fingerprint density at radius 3 is 2.28 bits per heavy atom. The number of aromatic amines is 1. The lowest BCUT2D eigenvalue weighted by molar-refractivity contribution is 0.0950. The number of nitrogens with zero attached hydrogens (tertiary/aromatic N) is 2. The lowest BCUT2D eigenvalue weighted by Crippen LogP contribution is -2.18. The first kappa shape index (κ1) is 24.3. The van der Waals surface area contributed by atoms with Gasteiger partial charge in [-0.25, -0.2) is 5.43 Å². The number of carbonyl (C=O) groups excluding carboxylic acids is 1. The lowest BCUT2D eigenvalue weighted by atomic mass is 10.1. The van der Waals surface area contributed by atoms with Gasteiger partial charge in [-0.05, 0) is 48.0 Å². The van der Waals surface area contributed by atoms with Gasteiger partial charge in [-0.2, -0.15) is 10.2 Å². The van der Waals surface area contributed by atoms with Crippen molar-refractivity contribution in [2.75, 3.05) is 21.3 Å². The first-order valence-corrected chi connectivity index (χ1v) is 11.1. The van der Waals surface area contributed by atoms with Crippen LogP contribution in [0.2, 0.25) is 0 Å². The molecule has 0 saturated carbocycles. The zero-order valence-corrected chi connectivity index (χ0v) is 20.1. The van der Waals surface area contributed by atoms with Crippen LogP contribution < -0.4 is 24.4 Å². The van der Waals surface area contributed by atoms with E-state index in [0.29, 0.717) is 35.1 Å². The Morgan fingerprint density at radius 1 is 0.944 bits per heavy atom. The third-order valence-corrected chi connectivity index (χ3v) is 5.29. The number of rotatable bonds is 10. The normalized spacial score (nSPS) is 10.8. The number of nitrogens with one attached hydrogen (secondary N) is 2. The number of ether oxygens (including phenoxy) is 4. The van der Waals surface area contributed by atoms with Gasteiger partial charge in [-0.15, -0.1) is 0 Å². The van der Waals surface area contributed by atoms with Crippen LogP contribution in [-0.2, 0) is 6.61 Å². The highest BCUT2D eigenvalue weighted by Crippen LogP contribution is 2.37. The van der Waals surface area contributed by atoms with Gasteiger partial charge in [0.25, 0.3) is 5.91 Å². The monoisotopic (exact) mass is 486 g/mol. The van der Waals surface area contributed by atoms with Crippen LogP contribution in [0.4, 0.5) is 0 Å². The molecule has 0 fully saturated rings. The van der Waals surface area contributed by atoms with Gasteiger partial charge in [0, 0.05) is 11.1 Å². The van der Waals surface area contributed by atoms with Crippen LogP contribution in [0.1, 0.15) is 21.6 Å². The highest BCUT2D eigenvalue weighted by atomic mass is 16.5. The van der Waals surface area contributed by atoms with Gasteiger partial charge >= 0.3 is 0 Å². The van der Waals surface area contributed by atoms with E-state index >= 15 is 0 Å². The molecule has 184 valence electrons. The third-order valence-electron chi connectivity index (χ3n) is 5.29. The van der Waals surface area contributed by atoms with E-state index in [1.54, 1.807) is 18.2 Å². The smallest absolute Gasteiger partial charge is 0.289 e. The van der Waals surface area contributed by atoms with Gasteiger partial charge in [-0.1, -0.05) is 30.3 Å². The van der Waals surface area contributed by atoms with E-state index in [0.717, 1.165) is 16.9 Å². The fourth-order valence-electron chi connectivity index (χ4n) is 3.45. The van der Waals surface area contributed by atoms with Crippen molar-refractivity contribution in [3.63, 3.8) is 0 Å². The molecule has 1 aromatic heterocycles. The minimum Gasteiger partial charge on any atom is -0.493 e. The number of hydrazone groups is 1. The summed E-state index contributed by atoms with van der Waals surface area (Å²) in [5.41, 5.74) is 5.98. The van der Waals surface area contributed by atoms with Crippen molar-refractivity contribution in [3.8, 4) is 34.3 Å². The summed E-state index contributed by atoms with van der Waals surface area (Å²) < 4.78 is 21.8. The molecule has 0 atom stereocenters. The Bertz CT molecular complexity index is 1310. The molecule has 0 aliphatic rings. The number of amides is 1. The number of hydrogen-bond donors (Lipinski definition) is 2. The Balaban J connectivity index is 1.37. The zero-order valence-electron chi connectivity index (χ0n) is 20.1. The summed E-state index contributed by atoms with van der Waals surface area (Å²) >= 11 is 0. The highest BCUT2D eigenvalue weighted by molar-refractivity contribution is 5.94. The maximum absolute atomic E-state index is 12.5. The molecule has 0 aliphatic carbocycles. The Kier molecular flexibility index (Phi) is 7.82. The second kappa shape index (κ2) is 11.6. The van der Waals surface area contributed by atoms with Crippen LogP contribution in [0.5, 0.6) is 23.0 Å². The van der Waals surface area contributed by atoms with Gasteiger partial charge in [0.2, 0.25) is 5.75 Å². The van der Waals surface area contributed by atoms with Crippen LogP contribution in [-0.4, -0.2) is 43.6 Å². The number of H-pyrrole nitrogens is 1. The molecule has 0 bridgehead atoms. The summed E-state index contributed by atoms with van der Waals surface area (Å²) in [5.74, 6) is 1.76. The summed E-state index contributed by atoms with van der Waals surface area (Å²) in [4.78, 5) is 12.5.